The van der Waals surface area contributed by atoms with Crippen molar-refractivity contribution in [2.24, 2.45) is 5.14 Å². The molecule has 2 rings (SSSR count). The molecule has 0 spiro atoms. The Labute approximate surface area is 88.5 Å². The van der Waals surface area contributed by atoms with E-state index in [2.05, 4.69) is 26.1 Å². The highest BCUT2D eigenvalue weighted by Gasteiger charge is 2.17. The second kappa shape index (κ2) is 3.04. The monoisotopic (exact) mass is 275 g/mol. The largest absolute Gasteiger partial charge is 0.265 e. The van der Waals surface area contributed by atoms with Crippen molar-refractivity contribution < 1.29 is 8.42 Å². The van der Waals surface area contributed by atoms with Crippen LogP contribution in [0.3, 0.4) is 0 Å². The van der Waals surface area contributed by atoms with Crippen molar-refractivity contribution in [1.29, 1.82) is 0 Å². The first kappa shape index (κ1) is 9.63. The van der Waals surface area contributed by atoms with Gasteiger partial charge in [0.05, 0.1) is 10.9 Å². The standard InChI is InChI=1S/C7H6BrN3O2S/c8-4-2-1-3-5-6(4)7(11-10-5)14(9,12)13/h1-3H,(H,10,11)(H2,9,12,13). The number of hydrogen-bond donors (Lipinski definition) is 2. The minimum absolute atomic E-state index is 0.0695. The topological polar surface area (TPSA) is 88.8 Å². The fourth-order valence-corrected chi connectivity index (χ4v) is 2.56. The van der Waals surface area contributed by atoms with E-state index in [-0.39, 0.29) is 5.03 Å². The smallest absolute Gasteiger partial charge is 0.255 e. The first-order chi connectivity index (χ1) is 6.50. The fourth-order valence-electron chi connectivity index (χ4n) is 1.20. The molecule has 14 heavy (non-hydrogen) atoms. The molecule has 3 N–H and O–H groups in total. The van der Waals surface area contributed by atoms with Gasteiger partial charge in [-0.15, -0.1) is 0 Å². The Bertz CT molecular complexity index is 590. The zero-order valence-electron chi connectivity index (χ0n) is 6.86. The van der Waals surface area contributed by atoms with Gasteiger partial charge in [-0.3, -0.25) is 5.10 Å². The van der Waals surface area contributed by atoms with E-state index in [1.54, 1.807) is 18.2 Å². The third kappa shape index (κ3) is 1.43. The number of aromatic nitrogens is 2. The van der Waals surface area contributed by atoms with E-state index in [4.69, 9.17) is 5.14 Å². The van der Waals surface area contributed by atoms with Gasteiger partial charge in [0.2, 0.25) is 0 Å². The molecule has 5 nitrogen and oxygen atoms in total. The van der Waals surface area contributed by atoms with Crippen LogP contribution in [0.1, 0.15) is 0 Å². The van der Waals surface area contributed by atoms with Crippen molar-refractivity contribution in [1.82, 2.24) is 10.2 Å². The Morgan fingerprint density at radius 1 is 1.43 bits per heavy atom. The number of halogens is 1. The molecule has 0 bridgehead atoms. The Morgan fingerprint density at radius 3 is 2.79 bits per heavy atom. The van der Waals surface area contributed by atoms with Crippen molar-refractivity contribution in [3.05, 3.63) is 22.7 Å². The zero-order valence-corrected chi connectivity index (χ0v) is 9.26. The van der Waals surface area contributed by atoms with Crippen LogP contribution in [0.4, 0.5) is 0 Å². The molecule has 0 unspecified atom stereocenters. The number of primary sulfonamides is 1. The number of benzene rings is 1. The average Bonchev–Trinajstić information content (AvgIpc) is 2.47. The summed E-state index contributed by atoms with van der Waals surface area (Å²) in [6.45, 7) is 0. The Hall–Kier alpha value is -0.920. The lowest BCUT2D eigenvalue weighted by atomic mass is 10.3. The van der Waals surface area contributed by atoms with E-state index >= 15 is 0 Å². The Balaban J connectivity index is 2.94. The number of sulfonamides is 1. The molecule has 0 amide bonds. The number of fused-ring (bicyclic) bond motifs is 1. The molecule has 0 saturated heterocycles. The number of nitrogens with two attached hydrogens (primary N) is 1. The minimum atomic E-state index is -3.76. The van der Waals surface area contributed by atoms with E-state index in [1.165, 1.54) is 0 Å². The fraction of sp³-hybridized carbons (Fsp3) is 0. The normalized spacial score (nSPS) is 12.1. The van der Waals surface area contributed by atoms with Crippen LogP contribution in [0.2, 0.25) is 0 Å². The van der Waals surface area contributed by atoms with E-state index in [0.29, 0.717) is 15.4 Å². The summed E-state index contributed by atoms with van der Waals surface area (Å²) in [4.78, 5) is 0. The predicted molar refractivity (Wildman–Crippen MR) is 55.2 cm³/mol. The molecular formula is C7H6BrN3O2S. The third-order valence-corrected chi connectivity index (χ3v) is 3.31. The summed E-state index contributed by atoms with van der Waals surface area (Å²) in [5.74, 6) is 0. The molecule has 74 valence electrons. The van der Waals surface area contributed by atoms with E-state index in [9.17, 15) is 8.42 Å². The highest BCUT2D eigenvalue weighted by Crippen LogP contribution is 2.27. The van der Waals surface area contributed by atoms with Crippen LogP contribution in [0, 0.1) is 0 Å². The third-order valence-electron chi connectivity index (χ3n) is 1.78. The molecule has 1 heterocycles. The quantitative estimate of drug-likeness (QED) is 0.813. The Kier molecular flexibility index (Phi) is 2.09. The second-order valence-electron chi connectivity index (χ2n) is 2.73. The van der Waals surface area contributed by atoms with Gasteiger partial charge in [0.1, 0.15) is 0 Å². The van der Waals surface area contributed by atoms with Gasteiger partial charge in [0.25, 0.3) is 10.0 Å². The molecule has 2 aromatic rings. The molecule has 0 radical (unpaired) electrons. The molecule has 1 aromatic heterocycles. The number of nitrogens with zero attached hydrogens (tertiary/aromatic N) is 1. The molecule has 0 aliphatic rings. The van der Waals surface area contributed by atoms with Crippen molar-refractivity contribution in [2.75, 3.05) is 0 Å². The molecule has 7 heteroatoms. The predicted octanol–water partition coefficient (Wildman–Crippen LogP) is 0.973. The van der Waals surface area contributed by atoms with Gasteiger partial charge in [0, 0.05) is 4.47 Å². The summed E-state index contributed by atoms with van der Waals surface area (Å²) in [6.07, 6.45) is 0. The summed E-state index contributed by atoms with van der Waals surface area (Å²) in [5.41, 5.74) is 0.559. The van der Waals surface area contributed by atoms with Gasteiger partial charge >= 0.3 is 0 Å². The maximum absolute atomic E-state index is 11.1. The van der Waals surface area contributed by atoms with Crippen LogP contribution in [0.15, 0.2) is 27.7 Å². The van der Waals surface area contributed by atoms with E-state index in [1.807, 2.05) is 0 Å². The van der Waals surface area contributed by atoms with Gasteiger partial charge in [0.15, 0.2) is 5.03 Å². The van der Waals surface area contributed by atoms with E-state index in [0.717, 1.165) is 0 Å². The van der Waals surface area contributed by atoms with Gasteiger partial charge in [-0.25, -0.2) is 13.6 Å². The Morgan fingerprint density at radius 2 is 2.14 bits per heavy atom. The van der Waals surface area contributed by atoms with Crippen molar-refractivity contribution in [2.45, 2.75) is 5.03 Å². The van der Waals surface area contributed by atoms with Crippen LogP contribution >= 0.6 is 15.9 Å². The maximum atomic E-state index is 11.1. The molecule has 1 aromatic carbocycles. The highest BCUT2D eigenvalue weighted by molar-refractivity contribution is 9.10. The van der Waals surface area contributed by atoms with Gasteiger partial charge in [-0.1, -0.05) is 6.07 Å². The first-order valence-corrected chi connectivity index (χ1v) is 5.99. The number of H-pyrrole nitrogens is 1. The minimum Gasteiger partial charge on any atom is -0.265 e. The van der Waals surface area contributed by atoms with Crippen molar-refractivity contribution in [3.8, 4) is 0 Å². The lowest BCUT2D eigenvalue weighted by Crippen LogP contribution is -2.13. The number of aromatic amines is 1. The number of hydrogen-bond acceptors (Lipinski definition) is 3. The van der Waals surface area contributed by atoms with Crippen molar-refractivity contribution >= 4 is 36.9 Å². The van der Waals surface area contributed by atoms with E-state index < -0.39 is 10.0 Å². The zero-order chi connectivity index (χ0) is 10.3. The number of nitrogens with one attached hydrogen (secondary N) is 1. The van der Waals surface area contributed by atoms with Gasteiger partial charge < -0.3 is 0 Å². The first-order valence-electron chi connectivity index (χ1n) is 3.65. The lowest BCUT2D eigenvalue weighted by Gasteiger charge is -1.95. The van der Waals surface area contributed by atoms with Crippen LogP contribution in [-0.4, -0.2) is 18.6 Å². The lowest BCUT2D eigenvalue weighted by molar-refractivity contribution is 0.594. The average molecular weight is 276 g/mol. The summed E-state index contributed by atoms with van der Waals surface area (Å²) in [7, 11) is -3.76. The SMILES string of the molecule is NS(=O)(=O)c1[nH]nc2cccc(Br)c12. The van der Waals surface area contributed by atoms with Gasteiger partial charge in [-0.2, -0.15) is 5.10 Å². The van der Waals surface area contributed by atoms with Crippen LogP contribution < -0.4 is 5.14 Å². The molecule has 0 fully saturated rings. The second-order valence-corrected chi connectivity index (χ2v) is 5.08. The number of rotatable bonds is 1. The molecule has 0 saturated carbocycles. The summed E-state index contributed by atoms with van der Waals surface area (Å²) < 4.78 is 22.9. The molecule has 0 aliphatic carbocycles. The molecule has 0 atom stereocenters. The summed E-state index contributed by atoms with van der Waals surface area (Å²) in [5, 5.41) is 11.7. The van der Waals surface area contributed by atoms with Crippen LogP contribution in [0.5, 0.6) is 0 Å². The van der Waals surface area contributed by atoms with Gasteiger partial charge in [-0.05, 0) is 28.1 Å². The highest BCUT2D eigenvalue weighted by atomic mass is 79.9. The van der Waals surface area contributed by atoms with Crippen LogP contribution in [-0.2, 0) is 10.0 Å². The summed E-state index contributed by atoms with van der Waals surface area (Å²) >= 11 is 3.24. The maximum Gasteiger partial charge on any atom is 0.255 e. The summed E-state index contributed by atoms with van der Waals surface area (Å²) in [6, 6.07) is 5.19. The molecular weight excluding hydrogens is 270 g/mol. The van der Waals surface area contributed by atoms with Crippen LogP contribution in [0.25, 0.3) is 10.9 Å². The molecule has 0 aliphatic heterocycles. The van der Waals surface area contributed by atoms with Crippen molar-refractivity contribution in [3.63, 3.8) is 0 Å².